The molecule has 0 amide bonds. The molecule has 1 aromatic heterocycles. The first kappa shape index (κ1) is 12.7. The molecule has 0 radical (unpaired) electrons. The zero-order chi connectivity index (χ0) is 14.0. The van der Waals surface area contributed by atoms with Gasteiger partial charge in [0.15, 0.2) is 0 Å². The Morgan fingerprint density at radius 3 is 2.68 bits per heavy atom. The van der Waals surface area contributed by atoms with E-state index in [1.807, 2.05) is 0 Å². The van der Waals surface area contributed by atoms with Crippen molar-refractivity contribution in [1.29, 1.82) is 0 Å². The van der Waals surface area contributed by atoms with Crippen LogP contribution in [0.3, 0.4) is 0 Å². The van der Waals surface area contributed by atoms with Gasteiger partial charge in [0.05, 0.1) is 12.1 Å². The summed E-state index contributed by atoms with van der Waals surface area (Å²) in [5.74, 6) is -1.01. The largest absolute Gasteiger partial charge is 0.481 e. The van der Waals surface area contributed by atoms with Crippen molar-refractivity contribution in [3.63, 3.8) is 0 Å². The summed E-state index contributed by atoms with van der Waals surface area (Å²) >= 11 is 0. The molecule has 1 N–H and O–H groups in total. The standard InChI is InChI=1S/C12H11N3O4/c1-14-10(16)7-13-15(12(14)19)9-5-3-2-4-8(9)6-11(17)18/h2-5,7H,6H2,1H3,(H,17,18). The fraction of sp³-hybridized carbons (Fsp3) is 0.167. The Morgan fingerprint density at radius 2 is 2.00 bits per heavy atom. The van der Waals surface area contributed by atoms with Crippen molar-refractivity contribution in [2.24, 2.45) is 7.05 Å². The summed E-state index contributed by atoms with van der Waals surface area (Å²) in [6.45, 7) is 0. The van der Waals surface area contributed by atoms with Gasteiger partial charge in [0, 0.05) is 7.05 Å². The second-order valence-electron chi connectivity index (χ2n) is 3.94. The predicted octanol–water partition coefficient (Wildman–Crippen LogP) is -0.442. The van der Waals surface area contributed by atoms with Crippen molar-refractivity contribution >= 4 is 5.97 Å². The molecule has 0 spiro atoms. The first-order valence-electron chi connectivity index (χ1n) is 5.46. The molecule has 7 heteroatoms. The molecular formula is C12H11N3O4. The molecule has 19 heavy (non-hydrogen) atoms. The minimum Gasteiger partial charge on any atom is -0.481 e. The van der Waals surface area contributed by atoms with Gasteiger partial charge in [-0.1, -0.05) is 18.2 Å². The van der Waals surface area contributed by atoms with Crippen molar-refractivity contribution in [3.05, 3.63) is 56.9 Å². The van der Waals surface area contributed by atoms with E-state index in [2.05, 4.69) is 5.10 Å². The number of para-hydroxylation sites is 1. The van der Waals surface area contributed by atoms with E-state index < -0.39 is 17.2 Å². The highest BCUT2D eigenvalue weighted by atomic mass is 16.4. The highest BCUT2D eigenvalue weighted by molar-refractivity contribution is 5.71. The third-order valence-electron chi connectivity index (χ3n) is 2.64. The molecule has 0 aliphatic heterocycles. The number of benzene rings is 1. The van der Waals surface area contributed by atoms with Crippen LogP contribution in [-0.4, -0.2) is 25.4 Å². The van der Waals surface area contributed by atoms with Crippen LogP contribution in [0.1, 0.15) is 5.56 Å². The highest BCUT2D eigenvalue weighted by Crippen LogP contribution is 2.11. The molecule has 98 valence electrons. The molecule has 2 rings (SSSR count). The van der Waals surface area contributed by atoms with E-state index in [-0.39, 0.29) is 6.42 Å². The lowest BCUT2D eigenvalue weighted by molar-refractivity contribution is -0.136. The van der Waals surface area contributed by atoms with E-state index >= 15 is 0 Å². The fourth-order valence-corrected chi connectivity index (χ4v) is 1.67. The average Bonchev–Trinajstić information content (AvgIpc) is 2.37. The van der Waals surface area contributed by atoms with Gasteiger partial charge in [-0.3, -0.25) is 14.2 Å². The van der Waals surface area contributed by atoms with Gasteiger partial charge < -0.3 is 5.11 Å². The Labute approximate surface area is 107 Å². The number of rotatable bonds is 3. The number of carbonyl (C=O) groups is 1. The molecule has 0 saturated heterocycles. The van der Waals surface area contributed by atoms with Crippen LogP contribution in [-0.2, 0) is 18.3 Å². The highest BCUT2D eigenvalue weighted by Gasteiger charge is 2.11. The molecule has 0 bridgehead atoms. The van der Waals surface area contributed by atoms with Crippen molar-refractivity contribution in [3.8, 4) is 5.69 Å². The van der Waals surface area contributed by atoms with Gasteiger partial charge in [-0.2, -0.15) is 9.78 Å². The molecule has 0 saturated carbocycles. The number of nitrogens with zero attached hydrogens (tertiary/aromatic N) is 3. The second kappa shape index (κ2) is 4.89. The first-order chi connectivity index (χ1) is 9.00. The van der Waals surface area contributed by atoms with Gasteiger partial charge in [-0.25, -0.2) is 4.79 Å². The number of hydrogen-bond acceptors (Lipinski definition) is 4. The Morgan fingerprint density at radius 1 is 1.32 bits per heavy atom. The normalized spacial score (nSPS) is 10.4. The Balaban J connectivity index is 2.66. The molecular weight excluding hydrogens is 250 g/mol. The lowest BCUT2D eigenvalue weighted by atomic mass is 10.1. The van der Waals surface area contributed by atoms with Gasteiger partial charge in [0.1, 0.15) is 6.20 Å². The summed E-state index contributed by atoms with van der Waals surface area (Å²) in [5, 5.41) is 12.6. The zero-order valence-corrected chi connectivity index (χ0v) is 10.1. The van der Waals surface area contributed by atoms with Gasteiger partial charge >= 0.3 is 11.7 Å². The van der Waals surface area contributed by atoms with Crippen LogP contribution in [0.25, 0.3) is 5.69 Å². The van der Waals surface area contributed by atoms with E-state index in [9.17, 15) is 14.4 Å². The minimum absolute atomic E-state index is 0.229. The SMILES string of the molecule is Cn1c(=O)cnn(-c2ccccc2CC(=O)O)c1=O. The summed E-state index contributed by atoms with van der Waals surface area (Å²) in [6.07, 6.45) is 0.784. The molecule has 0 atom stereocenters. The quantitative estimate of drug-likeness (QED) is 0.808. The Bertz CT molecular complexity index is 745. The summed E-state index contributed by atoms with van der Waals surface area (Å²) in [6, 6.07) is 6.52. The number of aliphatic carboxylic acids is 1. The number of aromatic nitrogens is 3. The van der Waals surface area contributed by atoms with Crippen LogP contribution in [0.15, 0.2) is 40.1 Å². The first-order valence-corrected chi connectivity index (χ1v) is 5.46. The van der Waals surface area contributed by atoms with Gasteiger partial charge in [0.25, 0.3) is 5.56 Å². The molecule has 1 aromatic carbocycles. The van der Waals surface area contributed by atoms with Gasteiger partial charge in [-0.05, 0) is 11.6 Å². The maximum atomic E-state index is 11.9. The zero-order valence-electron chi connectivity index (χ0n) is 10.1. The van der Waals surface area contributed by atoms with Crippen LogP contribution >= 0.6 is 0 Å². The predicted molar refractivity (Wildman–Crippen MR) is 66.4 cm³/mol. The van der Waals surface area contributed by atoms with Crippen LogP contribution in [0.4, 0.5) is 0 Å². The number of carboxylic acids is 1. The van der Waals surface area contributed by atoms with Crippen LogP contribution < -0.4 is 11.2 Å². The monoisotopic (exact) mass is 261 g/mol. The van der Waals surface area contributed by atoms with E-state index in [0.717, 1.165) is 15.4 Å². The average molecular weight is 261 g/mol. The maximum absolute atomic E-state index is 11.9. The Kier molecular flexibility index (Phi) is 3.28. The van der Waals surface area contributed by atoms with Crippen LogP contribution in [0.2, 0.25) is 0 Å². The summed E-state index contributed by atoms with van der Waals surface area (Å²) in [4.78, 5) is 34.0. The van der Waals surface area contributed by atoms with E-state index in [1.54, 1.807) is 24.3 Å². The van der Waals surface area contributed by atoms with Crippen LogP contribution in [0.5, 0.6) is 0 Å². The topological polar surface area (TPSA) is 94.2 Å². The van der Waals surface area contributed by atoms with Crippen molar-refractivity contribution in [2.45, 2.75) is 6.42 Å². The minimum atomic E-state index is -1.01. The fourth-order valence-electron chi connectivity index (χ4n) is 1.67. The van der Waals surface area contributed by atoms with E-state index in [0.29, 0.717) is 11.3 Å². The Hall–Kier alpha value is -2.70. The molecule has 0 aliphatic carbocycles. The smallest absolute Gasteiger partial charge is 0.351 e. The number of hydrogen-bond donors (Lipinski definition) is 1. The van der Waals surface area contributed by atoms with Crippen molar-refractivity contribution in [2.75, 3.05) is 0 Å². The molecule has 2 aromatic rings. The lowest BCUT2D eigenvalue weighted by Gasteiger charge is -2.09. The second-order valence-corrected chi connectivity index (χ2v) is 3.94. The summed E-state index contributed by atoms with van der Waals surface area (Å²) < 4.78 is 1.92. The third kappa shape index (κ3) is 2.44. The summed E-state index contributed by atoms with van der Waals surface area (Å²) in [5.41, 5.74) is -0.337. The lowest BCUT2D eigenvalue weighted by Crippen LogP contribution is -2.38. The van der Waals surface area contributed by atoms with E-state index in [1.165, 1.54) is 7.05 Å². The van der Waals surface area contributed by atoms with Crippen molar-refractivity contribution in [1.82, 2.24) is 14.3 Å². The van der Waals surface area contributed by atoms with E-state index in [4.69, 9.17) is 5.11 Å². The molecule has 7 nitrogen and oxygen atoms in total. The third-order valence-corrected chi connectivity index (χ3v) is 2.64. The molecule has 0 unspecified atom stereocenters. The summed E-state index contributed by atoms with van der Waals surface area (Å²) in [7, 11) is 1.34. The molecule has 0 fully saturated rings. The van der Waals surface area contributed by atoms with Crippen molar-refractivity contribution < 1.29 is 9.90 Å². The molecule has 1 heterocycles. The molecule has 0 aliphatic rings. The maximum Gasteiger partial charge on any atom is 0.351 e. The van der Waals surface area contributed by atoms with Gasteiger partial charge in [-0.15, -0.1) is 0 Å². The van der Waals surface area contributed by atoms with Gasteiger partial charge in [0.2, 0.25) is 0 Å². The number of carboxylic acid groups (broad SMARTS) is 1. The van der Waals surface area contributed by atoms with Crippen LogP contribution in [0, 0.1) is 0 Å².